The van der Waals surface area contributed by atoms with Gasteiger partial charge in [-0.05, 0) is 32.6 Å². The highest BCUT2D eigenvalue weighted by molar-refractivity contribution is 7.98. The second-order valence-electron chi connectivity index (χ2n) is 5.44. The van der Waals surface area contributed by atoms with E-state index in [9.17, 15) is 0 Å². The molecule has 0 atom stereocenters. The SMILES string of the molecule is Cc1cc(CSc2nnc(C3CC3)n2C2CC2)on1. The molecule has 0 unspecified atom stereocenters. The van der Waals surface area contributed by atoms with Gasteiger partial charge in [0.05, 0.1) is 11.4 Å². The molecule has 0 saturated heterocycles. The number of nitrogens with zero attached hydrogens (tertiary/aromatic N) is 4. The van der Waals surface area contributed by atoms with E-state index in [-0.39, 0.29) is 0 Å². The van der Waals surface area contributed by atoms with Gasteiger partial charge >= 0.3 is 0 Å². The van der Waals surface area contributed by atoms with Gasteiger partial charge in [0.1, 0.15) is 11.6 Å². The minimum atomic E-state index is 0.643. The zero-order valence-electron chi connectivity index (χ0n) is 10.9. The summed E-state index contributed by atoms with van der Waals surface area (Å²) >= 11 is 1.70. The van der Waals surface area contributed by atoms with Gasteiger partial charge in [-0.25, -0.2) is 0 Å². The predicted molar refractivity (Wildman–Crippen MR) is 71.1 cm³/mol. The van der Waals surface area contributed by atoms with Crippen molar-refractivity contribution < 1.29 is 4.52 Å². The Labute approximate surface area is 115 Å². The van der Waals surface area contributed by atoms with Crippen LogP contribution in [0.15, 0.2) is 15.7 Å². The molecule has 6 heteroatoms. The maximum absolute atomic E-state index is 5.24. The third kappa shape index (κ3) is 2.29. The van der Waals surface area contributed by atoms with E-state index in [0.29, 0.717) is 12.0 Å². The van der Waals surface area contributed by atoms with Crippen LogP contribution in [0, 0.1) is 6.92 Å². The van der Waals surface area contributed by atoms with Gasteiger partial charge in [0.15, 0.2) is 5.16 Å². The number of hydrogen-bond donors (Lipinski definition) is 0. The summed E-state index contributed by atoms with van der Waals surface area (Å²) in [4.78, 5) is 0. The fourth-order valence-electron chi connectivity index (χ4n) is 2.30. The Kier molecular flexibility index (Phi) is 2.65. The fourth-order valence-corrected chi connectivity index (χ4v) is 3.19. The number of aromatic nitrogens is 4. The molecule has 0 aliphatic heterocycles. The van der Waals surface area contributed by atoms with Crippen molar-refractivity contribution in [1.29, 1.82) is 0 Å². The number of rotatable bonds is 5. The van der Waals surface area contributed by atoms with Crippen LogP contribution in [-0.2, 0) is 5.75 Å². The second-order valence-corrected chi connectivity index (χ2v) is 6.38. The first-order valence-corrected chi connectivity index (χ1v) is 7.79. The molecule has 2 heterocycles. The van der Waals surface area contributed by atoms with Crippen LogP contribution in [0.4, 0.5) is 0 Å². The van der Waals surface area contributed by atoms with Gasteiger partial charge in [0, 0.05) is 18.0 Å². The summed E-state index contributed by atoms with van der Waals surface area (Å²) < 4.78 is 7.61. The summed E-state index contributed by atoms with van der Waals surface area (Å²) in [6.07, 6.45) is 5.09. The Morgan fingerprint density at radius 1 is 1.32 bits per heavy atom. The highest BCUT2D eigenvalue weighted by Crippen LogP contribution is 2.46. The first-order valence-electron chi connectivity index (χ1n) is 6.81. The molecule has 2 aromatic rings. The average molecular weight is 276 g/mol. The summed E-state index contributed by atoms with van der Waals surface area (Å²) in [5, 5.41) is 13.7. The van der Waals surface area contributed by atoms with Gasteiger partial charge in [0.25, 0.3) is 0 Å². The van der Waals surface area contributed by atoms with Crippen LogP contribution in [-0.4, -0.2) is 19.9 Å². The van der Waals surface area contributed by atoms with Gasteiger partial charge in [-0.2, -0.15) is 0 Å². The minimum absolute atomic E-state index is 0.643. The topological polar surface area (TPSA) is 56.7 Å². The zero-order chi connectivity index (χ0) is 12.8. The van der Waals surface area contributed by atoms with Crippen LogP contribution >= 0.6 is 11.8 Å². The third-order valence-electron chi connectivity index (χ3n) is 3.57. The molecular formula is C13H16N4OS. The molecule has 0 radical (unpaired) electrons. The highest BCUT2D eigenvalue weighted by Gasteiger charge is 2.36. The summed E-state index contributed by atoms with van der Waals surface area (Å²) in [6, 6.07) is 2.62. The van der Waals surface area contributed by atoms with Crippen LogP contribution in [0.2, 0.25) is 0 Å². The lowest BCUT2D eigenvalue weighted by Gasteiger charge is -2.06. The minimum Gasteiger partial charge on any atom is -0.360 e. The molecule has 100 valence electrons. The maximum atomic E-state index is 5.24. The van der Waals surface area contributed by atoms with Crippen molar-refractivity contribution in [2.75, 3.05) is 0 Å². The first kappa shape index (κ1) is 11.5. The molecule has 0 bridgehead atoms. The van der Waals surface area contributed by atoms with Gasteiger partial charge in [-0.3, -0.25) is 0 Å². The lowest BCUT2D eigenvalue weighted by Crippen LogP contribution is -2.01. The van der Waals surface area contributed by atoms with E-state index in [1.54, 1.807) is 11.8 Å². The van der Waals surface area contributed by atoms with Crippen molar-refractivity contribution >= 4 is 11.8 Å². The van der Waals surface area contributed by atoms with E-state index in [2.05, 4.69) is 19.9 Å². The summed E-state index contributed by atoms with van der Waals surface area (Å²) in [6.45, 7) is 1.94. The van der Waals surface area contributed by atoms with Crippen LogP contribution in [0.25, 0.3) is 0 Å². The molecular weight excluding hydrogens is 260 g/mol. The van der Waals surface area contributed by atoms with Crippen molar-refractivity contribution in [2.45, 2.75) is 55.5 Å². The molecule has 0 N–H and O–H groups in total. The second kappa shape index (κ2) is 4.37. The van der Waals surface area contributed by atoms with Crippen molar-refractivity contribution in [3.8, 4) is 0 Å². The van der Waals surface area contributed by atoms with E-state index in [1.807, 2.05) is 13.0 Å². The van der Waals surface area contributed by atoms with E-state index < -0.39 is 0 Å². The Morgan fingerprint density at radius 3 is 2.79 bits per heavy atom. The monoisotopic (exact) mass is 276 g/mol. The first-order chi connectivity index (χ1) is 9.31. The number of hydrogen-bond acceptors (Lipinski definition) is 5. The van der Waals surface area contributed by atoms with Crippen molar-refractivity contribution in [2.24, 2.45) is 0 Å². The van der Waals surface area contributed by atoms with Gasteiger partial charge in [0.2, 0.25) is 0 Å². The molecule has 4 rings (SSSR count). The van der Waals surface area contributed by atoms with E-state index in [4.69, 9.17) is 4.52 Å². The predicted octanol–water partition coefficient (Wildman–Crippen LogP) is 3.08. The lowest BCUT2D eigenvalue weighted by molar-refractivity contribution is 0.391. The van der Waals surface area contributed by atoms with Crippen LogP contribution < -0.4 is 0 Å². The van der Waals surface area contributed by atoms with Crippen molar-refractivity contribution in [3.63, 3.8) is 0 Å². The largest absolute Gasteiger partial charge is 0.360 e. The van der Waals surface area contributed by atoms with Crippen LogP contribution in [0.1, 0.15) is 54.9 Å². The van der Waals surface area contributed by atoms with Crippen molar-refractivity contribution in [1.82, 2.24) is 19.9 Å². The quantitative estimate of drug-likeness (QED) is 0.785. The summed E-state index contributed by atoms with van der Waals surface area (Å²) in [5.41, 5.74) is 0.929. The molecule has 0 amide bonds. The molecule has 19 heavy (non-hydrogen) atoms. The number of aryl methyl sites for hydroxylation is 1. The highest BCUT2D eigenvalue weighted by atomic mass is 32.2. The van der Waals surface area contributed by atoms with Gasteiger partial charge in [-0.15, -0.1) is 10.2 Å². The molecule has 2 saturated carbocycles. The molecule has 2 aliphatic rings. The lowest BCUT2D eigenvalue weighted by atomic mass is 10.4. The molecule has 2 aromatic heterocycles. The van der Waals surface area contributed by atoms with Crippen LogP contribution in [0.5, 0.6) is 0 Å². The van der Waals surface area contributed by atoms with E-state index in [1.165, 1.54) is 31.5 Å². The molecule has 0 aromatic carbocycles. The average Bonchev–Trinajstić information content (AvgIpc) is 3.33. The van der Waals surface area contributed by atoms with Crippen molar-refractivity contribution in [3.05, 3.63) is 23.3 Å². The molecule has 2 fully saturated rings. The molecule has 5 nitrogen and oxygen atoms in total. The maximum Gasteiger partial charge on any atom is 0.191 e. The van der Waals surface area contributed by atoms with E-state index in [0.717, 1.165) is 22.4 Å². The summed E-state index contributed by atoms with van der Waals surface area (Å²) in [7, 11) is 0. The standard InChI is InChI=1S/C13H16N4OS/c1-8-6-11(18-16-8)7-19-13-15-14-12(9-2-3-9)17(13)10-4-5-10/h6,9-10H,2-5,7H2,1H3. The fraction of sp³-hybridized carbons (Fsp3) is 0.615. The summed E-state index contributed by atoms with van der Waals surface area (Å²) in [5.74, 6) is 3.55. The zero-order valence-corrected chi connectivity index (χ0v) is 11.7. The van der Waals surface area contributed by atoms with E-state index >= 15 is 0 Å². The third-order valence-corrected chi connectivity index (χ3v) is 4.53. The Hall–Kier alpha value is -1.30. The van der Waals surface area contributed by atoms with Gasteiger partial charge in [-0.1, -0.05) is 16.9 Å². The normalized spacial score (nSPS) is 19.0. The molecule has 2 aliphatic carbocycles. The smallest absolute Gasteiger partial charge is 0.191 e. The van der Waals surface area contributed by atoms with Gasteiger partial charge < -0.3 is 9.09 Å². The molecule has 0 spiro atoms. The Bertz CT molecular complexity index is 598. The number of thioether (sulfide) groups is 1. The van der Waals surface area contributed by atoms with Crippen LogP contribution in [0.3, 0.4) is 0 Å². The Morgan fingerprint density at radius 2 is 2.16 bits per heavy atom. The Balaban J connectivity index is 1.53.